The highest BCUT2D eigenvalue weighted by atomic mass is 16.5. The van der Waals surface area contributed by atoms with Gasteiger partial charge in [0.05, 0.1) is 11.9 Å². The number of carbonyl (C=O) groups excluding carboxylic acids is 1. The topological polar surface area (TPSA) is 94.8 Å². The first kappa shape index (κ1) is 18.3. The van der Waals surface area contributed by atoms with Crippen molar-refractivity contribution in [2.45, 2.75) is 13.8 Å². The maximum atomic E-state index is 12.6. The molecule has 0 radical (unpaired) electrons. The van der Waals surface area contributed by atoms with E-state index in [-0.39, 0.29) is 5.91 Å². The van der Waals surface area contributed by atoms with Crippen molar-refractivity contribution >= 4 is 11.6 Å². The van der Waals surface area contributed by atoms with Crippen LogP contribution in [0.1, 0.15) is 21.7 Å². The Kier molecular flexibility index (Phi) is 4.98. The van der Waals surface area contributed by atoms with Crippen molar-refractivity contribution in [2.24, 2.45) is 0 Å². The number of hydrogen-bond acceptors (Lipinski definition) is 6. The number of nitrogens with zero attached hydrogens (tertiary/aromatic N) is 5. The molecule has 0 unspecified atom stereocenters. The van der Waals surface area contributed by atoms with Crippen molar-refractivity contribution in [3.63, 3.8) is 0 Å². The Morgan fingerprint density at radius 3 is 2.55 bits per heavy atom. The number of pyridine rings is 1. The first-order valence-electron chi connectivity index (χ1n) is 8.95. The van der Waals surface area contributed by atoms with Crippen LogP contribution in [0.4, 0.5) is 5.69 Å². The normalized spacial score (nSPS) is 10.6. The zero-order valence-electron chi connectivity index (χ0n) is 15.9. The smallest absolute Gasteiger partial charge is 0.255 e. The van der Waals surface area contributed by atoms with Gasteiger partial charge in [0.25, 0.3) is 5.91 Å². The standard InChI is InChI=1S/C21H18N6O2/c1-14-5-8-17(12-20(14)27-15(2)24-25-26-27)23-21(28)16-6-9-18(10-7-16)29-19-4-3-11-22-13-19/h3-13H,1-2H3,(H,23,28). The summed E-state index contributed by atoms with van der Waals surface area (Å²) in [7, 11) is 0. The average molecular weight is 386 g/mol. The van der Waals surface area contributed by atoms with E-state index in [2.05, 4.69) is 25.8 Å². The fourth-order valence-corrected chi connectivity index (χ4v) is 2.79. The number of aromatic nitrogens is 5. The van der Waals surface area contributed by atoms with E-state index in [1.807, 2.05) is 38.1 Å². The van der Waals surface area contributed by atoms with E-state index < -0.39 is 0 Å². The van der Waals surface area contributed by atoms with Crippen molar-refractivity contribution in [2.75, 3.05) is 5.32 Å². The number of tetrazole rings is 1. The summed E-state index contributed by atoms with van der Waals surface area (Å²) in [4.78, 5) is 16.6. The van der Waals surface area contributed by atoms with Gasteiger partial charge in [0, 0.05) is 17.4 Å². The van der Waals surface area contributed by atoms with E-state index in [0.29, 0.717) is 28.6 Å². The highest BCUT2D eigenvalue weighted by molar-refractivity contribution is 6.04. The van der Waals surface area contributed by atoms with Crippen LogP contribution in [0.25, 0.3) is 5.69 Å². The molecule has 29 heavy (non-hydrogen) atoms. The summed E-state index contributed by atoms with van der Waals surface area (Å²) in [5.74, 6) is 1.71. The summed E-state index contributed by atoms with van der Waals surface area (Å²) >= 11 is 0. The molecule has 0 saturated heterocycles. The zero-order valence-corrected chi connectivity index (χ0v) is 15.9. The third-order valence-corrected chi connectivity index (χ3v) is 4.31. The molecule has 2 aromatic heterocycles. The number of hydrogen-bond donors (Lipinski definition) is 1. The minimum atomic E-state index is -0.221. The summed E-state index contributed by atoms with van der Waals surface area (Å²) in [5.41, 5.74) is 2.98. The van der Waals surface area contributed by atoms with Crippen LogP contribution in [0.5, 0.6) is 11.5 Å². The molecule has 0 aliphatic heterocycles. The molecule has 2 aromatic carbocycles. The van der Waals surface area contributed by atoms with E-state index in [4.69, 9.17) is 4.74 Å². The molecule has 2 heterocycles. The fourth-order valence-electron chi connectivity index (χ4n) is 2.79. The van der Waals surface area contributed by atoms with E-state index in [9.17, 15) is 4.79 Å². The number of rotatable bonds is 5. The van der Waals surface area contributed by atoms with Gasteiger partial charge in [0.2, 0.25) is 0 Å². The largest absolute Gasteiger partial charge is 0.456 e. The van der Waals surface area contributed by atoms with Crippen LogP contribution in [0.15, 0.2) is 67.0 Å². The molecule has 0 aliphatic carbocycles. The first-order valence-corrected chi connectivity index (χ1v) is 8.95. The summed E-state index contributed by atoms with van der Waals surface area (Å²) < 4.78 is 7.33. The molecule has 0 bridgehead atoms. The molecule has 4 rings (SSSR count). The first-order chi connectivity index (χ1) is 14.1. The SMILES string of the molecule is Cc1ccc(NC(=O)c2ccc(Oc3cccnc3)cc2)cc1-n1nnnc1C. The van der Waals surface area contributed by atoms with Gasteiger partial charge in [-0.3, -0.25) is 9.78 Å². The Hall–Kier alpha value is -4.07. The lowest BCUT2D eigenvalue weighted by molar-refractivity contribution is 0.102. The lowest BCUT2D eigenvalue weighted by Gasteiger charge is -2.11. The molecular weight excluding hydrogens is 368 g/mol. The van der Waals surface area contributed by atoms with Gasteiger partial charge in [0.15, 0.2) is 5.82 Å². The van der Waals surface area contributed by atoms with Crippen LogP contribution in [0.2, 0.25) is 0 Å². The Morgan fingerprint density at radius 1 is 1.03 bits per heavy atom. The molecule has 8 heteroatoms. The Balaban J connectivity index is 1.49. The number of carbonyl (C=O) groups is 1. The van der Waals surface area contributed by atoms with Crippen LogP contribution in [-0.2, 0) is 0 Å². The summed E-state index contributed by atoms with van der Waals surface area (Å²) in [6.07, 6.45) is 3.30. The highest BCUT2D eigenvalue weighted by Gasteiger charge is 2.11. The van der Waals surface area contributed by atoms with Gasteiger partial charge < -0.3 is 10.1 Å². The van der Waals surface area contributed by atoms with Gasteiger partial charge >= 0.3 is 0 Å². The Labute approximate surface area is 167 Å². The number of ether oxygens (including phenoxy) is 1. The van der Waals surface area contributed by atoms with E-state index in [1.165, 1.54) is 0 Å². The molecule has 1 N–H and O–H groups in total. The second kappa shape index (κ2) is 7.89. The maximum absolute atomic E-state index is 12.6. The lowest BCUT2D eigenvalue weighted by Crippen LogP contribution is -2.12. The van der Waals surface area contributed by atoms with Gasteiger partial charge in [-0.25, -0.2) is 0 Å². The van der Waals surface area contributed by atoms with Crippen molar-refractivity contribution in [1.29, 1.82) is 0 Å². The van der Waals surface area contributed by atoms with Crippen LogP contribution in [0, 0.1) is 13.8 Å². The molecule has 0 fully saturated rings. The average Bonchev–Trinajstić information content (AvgIpc) is 3.16. The fraction of sp³-hybridized carbons (Fsp3) is 0.0952. The third kappa shape index (κ3) is 4.11. The van der Waals surface area contributed by atoms with Gasteiger partial charge in [-0.2, -0.15) is 4.68 Å². The second-order valence-electron chi connectivity index (χ2n) is 6.41. The van der Waals surface area contributed by atoms with E-state index >= 15 is 0 Å². The summed E-state index contributed by atoms with van der Waals surface area (Å²) in [6.45, 7) is 3.78. The summed E-state index contributed by atoms with van der Waals surface area (Å²) in [5, 5.41) is 14.5. The van der Waals surface area contributed by atoms with Gasteiger partial charge in [0.1, 0.15) is 11.5 Å². The van der Waals surface area contributed by atoms with E-state index in [1.54, 1.807) is 47.4 Å². The predicted molar refractivity (Wildman–Crippen MR) is 107 cm³/mol. The minimum Gasteiger partial charge on any atom is -0.456 e. The number of nitrogens with one attached hydrogen (secondary N) is 1. The molecule has 0 atom stereocenters. The number of anilines is 1. The van der Waals surface area contributed by atoms with Crippen LogP contribution < -0.4 is 10.1 Å². The number of amides is 1. The quantitative estimate of drug-likeness (QED) is 0.562. The zero-order chi connectivity index (χ0) is 20.2. The van der Waals surface area contributed by atoms with Gasteiger partial charge in [-0.15, -0.1) is 5.10 Å². The summed E-state index contributed by atoms with van der Waals surface area (Å²) in [6, 6.07) is 16.1. The molecule has 0 aliphatic rings. The lowest BCUT2D eigenvalue weighted by atomic mass is 10.1. The van der Waals surface area contributed by atoms with E-state index in [0.717, 1.165) is 11.3 Å². The number of aryl methyl sites for hydroxylation is 2. The van der Waals surface area contributed by atoms with Crippen molar-refractivity contribution in [3.8, 4) is 17.2 Å². The monoisotopic (exact) mass is 386 g/mol. The number of benzene rings is 2. The highest BCUT2D eigenvalue weighted by Crippen LogP contribution is 2.22. The van der Waals surface area contributed by atoms with Crippen LogP contribution >= 0.6 is 0 Å². The predicted octanol–water partition coefficient (Wildman–Crippen LogP) is 3.72. The van der Waals surface area contributed by atoms with Crippen LogP contribution in [-0.4, -0.2) is 31.1 Å². The molecule has 4 aromatic rings. The third-order valence-electron chi connectivity index (χ3n) is 4.31. The minimum absolute atomic E-state index is 0.221. The van der Waals surface area contributed by atoms with Crippen molar-refractivity contribution in [3.05, 3.63) is 83.9 Å². The molecule has 144 valence electrons. The van der Waals surface area contributed by atoms with Crippen molar-refractivity contribution < 1.29 is 9.53 Å². The second-order valence-corrected chi connectivity index (χ2v) is 6.41. The Morgan fingerprint density at radius 2 is 1.86 bits per heavy atom. The Bertz CT molecular complexity index is 1140. The van der Waals surface area contributed by atoms with Gasteiger partial charge in [-0.1, -0.05) is 6.07 Å². The molecule has 0 saturated carbocycles. The van der Waals surface area contributed by atoms with Gasteiger partial charge in [-0.05, 0) is 78.4 Å². The molecule has 8 nitrogen and oxygen atoms in total. The molecule has 0 spiro atoms. The molecular formula is C21H18N6O2. The van der Waals surface area contributed by atoms with Crippen molar-refractivity contribution in [1.82, 2.24) is 25.2 Å². The van der Waals surface area contributed by atoms with Crippen LogP contribution in [0.3, 0.4) is 0 Å². The maximum Gasteiger partial charge on any atom is 0.255 e. The molecule has 1 amide bonds.